The van der Waals surface area contributed by atoms with Crippen LogP contribution in [0.15, 0.2) is 60.1 Å². The van der Waals surface area contributed by atoms with Crippen LogP contribution in [0, 0.1) is 0 Å². The van der Waals surface area contributed by atoms with Gasteiger partial charge in [0.1, 0.15) is 11.4 Å². The molecule has 1 aromatic carbocycles. The summed E-state index contributed by atoms with van der Waals surface area (Å²) < 4.78 is 36.2. The van der Waals surface area contributed by atoms with Crippen molar-refractivity contribution in [2.75, 3.05) is 18.0 Å². The molecular weight excluding hydrogens is 414 g/mol. The van der Waals surface area contributed by atoms with Crippen molar-refractivity contribution in [3.05, 3.63) is 66.4 Å². The van der Waals surface area contributed by atoms with E-state index in [4.69, 9.17) is 4.74 Å². The fourth-order valence-corrected chi connectivity index (χ4v) is 4.82. The molecular formula is C22H25N5O3S. The van der Waals surface area contributed by atoms with Gasteiger partial charge in [0.2, 0.25) is 0 Å². The molecule has 4 rings (SSSR count). The summed E-state index contributed by atoms with van der Waals surface area (Å²) in [7, 11) is 1.41. The molecule has 0 amide bonds. The summed E-state index contributed by atoms with van der Waals surface area (Å²) in [5.74, 6) is 0.854. The van der Waals surface area contributed by atoms with Crippen molar-refractivity contribution >= 4 is 26.7 Å². The first-order chi connectivity index (χ1) is 14.8. The highest BCUT2D eigenvalue weighted by atomic mass is 32.2. The summed E-state index contributed by atoms with van der Waals surface area (Å²) in [6.07, 6.45) is 5.12. The van der Waals surface area contributed by atoms with Crippen LogP contribution in [0.1, 0.15) is 18.2 Å². The zero-order chi connectivity index (χ0) is 22.2. The Labute approximate surface area is 181 Å². The minimum absolute atomic E-state index is 0.124. The van der Waals surface area contributed by atoms with Crippen LogP contribution in [-0.4, -0.2) is 41.2 Å². The molecule has 0 fully saturated rings. The minimum Gasteiger partial charge on any atom is -0.494 e. The van der Waals surface area contributed by atoms with Gasteiger partial charge in [-0.1, -0.05) is 12.1 Å². The van der Waals surface area contributed by atoms with Gasteiger partial charge in [-0.2, -0.15) is 8.42 Å². The van der Waals surface area contributed by atoms with E-state index >= 15 is 0 Å². The molecule has 9 heteroatoms. The van der Waals surface area contributed by atoms with Crippen LogP contribution in [0.2, 0.25) is 0 Å². The van der Waals surface area contributed by atoms with Crippen LogP contribution >= 0.6 is 0 Å². The van der Waals surface area contributed by atoms with Gasteiger partial charge in [0, 0.05) is 38.6 Å². The molecule has 0 unspecified atom stereocenters. The van der Waals surface area contributed by atoms with E-state index in [0.717, 1.165) is 34.5 Å². The van der Waals surface area contributed by atoms with E-state index in [2.05, 4.69) is 22.1 Å². The Balaban J connectivity index is 1.63. The molecule has 0 aliphatic carbocycles. The molecule has 0 N–H and O–H groups in total. The Kier molecular flexibility index (Phi) is 5.45. The monoisotopic (exact) mass is 439 g/mol. The van der Waals surface area contributed by atoms with E-state index in [1.807, 2.05) is 42.8 Å². The number of nitrogens with zero attached hydrogens (tertiary/aromatic N) is 5. The lowest BCUT2D eigenvalue weighted by Gasteiger charge is -2.19. The molecule has 0 radical (unpaired) electrons. The van der Waals surface area contributed by atoms with Gasteiger partial charge in [0.25, 0.3) is 10.0 Å². The van der Waals surface area contributed by atoms with Gasteiger partial charge in [-0.15, -0.1) is 0 Å². The van der Waals surface area contributed by atoms with Crippen LogP contribution in [0.5, 0.6) is 5.75 Å². The van der Waals surface area contributed by atoms with Gasteiger partial charge >= 0.3 is 0 Å². The first-order valence-electron chi connectivity index (χ1n) is 9.92. The van der Waals surface area contributed by atoms with Crippen molar-refractivity contribution in [1.29, 1.82) is 0 Å². The first-order valence-corrected chi connectivity index (χ1v) is 11.4. The molecule has 0 aliphatic rings. The number of hydrogen-bond donors (Lipinski definition) is 0. The van der Waals surface area contributed by atoms with E-state index in [1.165, 1.54) is 28.4 Å². The number of benzene rings is 1. The average molecular weight is 440 g/mol. The molecule has 0 saturated carbocycles. The van der Waals surface area contributed by atoms with E-state index in [-0.39, 0.29) is 5.03 Å². The number of hydrogen-bond acceptors (Lipinski definition) is 5. The zero-order valence-electron chi connectivity index (χ0n) is 18.0. The summed E-state index contributed by atoms with van der Waals surface area (Å²) in [5, 5.41) is 1.01. The molecule has 8 nitrogen and oxygen atoms in total. The zero-order valence-corrected chi connectivity index (χ0v) is 18.8. The number of sulfonamides is 1. The van der Waals surface area contributed by atoms with Crippen LogP contribution in [-0.2, 0) is 30.5 Å². The molecule has 0 atom stereocenters. The predicted octanol–water partition coefficient (Wildman–Crippen LogP) is 3.12. The number of ether oxygens (including phenoxy) is 1. The maximum Gasteiger partial charge on any atom is 0.281 e. The highest BCUT2D eigenvalue weighted by Crippen LogP contribution is 2.27. The Bertz CT molecular complexity index is 1320. The average Bonchev–Trinajstić information content (AvgIpc) is 3.32. The Morgan fingerprint density at radius 2 is 1.84 bits per heavy atom. The van der Waals surface area contributed by atoms with Crippen LogP contribution < -0.4 is 9.04 Å². The van der Waals surface area contributed by atoms with E-state index in [9.17, 15) is 8.42 Å². The fraction of sp³-hybridized carbons (Fsp3) is 0.273. The number of fused-ring (bicyclic) bond motifs is 1. The Morgan fingerprint density at radius 1 is 1.10 bits per heavy atom. The van der Waals surface area contributed by atoms with Gasteiger partial charge in [0.15, 0.2) is 5.03 Å². The topological polar surface area (TPSA) is 82.2 Å². The fourth-order valence-electron chi connectivity index (χ4n) is 3.56. The van der Waals surface area contributed by atoms with Gasteiger partial charge in [-0.3, -0.25) is 4.31 Å². The lowest BCUT2D eigenvalue weighted by Crippen LogP contribution is -2.28. The van der Waals surface area contributed by atoms with E-state index in [0.29, 0.717) is 12.3 Å². The van der Waals surface area contributed by atoms with Crippen molar-refractivity contribution < 1.29 is 13.2 Å². The van der Waals surface area contributed by atoms with Crippen molar-refractivity contribution in [2.24, 2.45) is 14.1 Å². The number of pyridine rings is 1. The number of aryl methyl sites for hydroxylation is 2. The van der Waals surface area contributed by atoms with Crippen molar-refractivity contribution in [1.82, 2.24) is 19.1 Å². The minimum atomic E-state index is -3.73. The van der Waals surface area contributed by atoms with Gasteiger partial charge in [0.05, 0.1) is 31.0 Å². The van der Waals surface area contributed by atoms with Crippen LogP contribution in [0.25, 0.3) is 11.0 Å². The molecule has 0 saturated heterocycles. The predicted molar refractivity (Wildman–Crippen MR) is 120 cm³/mol. The highest BCUT2D eigenvalue weighted by Gasteiger charge is 2.25. The number of imidazole rings is 1. The molecule has 0 bridgehead atoms. The van der Waals surface area contributed by atoms with E-state index in [1.54, 1.807) is 13.2 Å². The molecule has 162 valence electrons. The molecule has 0 spiro atoms. The number of aromatic nitrogens is 4. The third kappa shape index (κ3) is 3.88. The highest BCUT2D eigenvalue weighted by molar-refractivity contribution is 7.92. The van der Waals surface area contributed by atoms with Gasteiger partial charge in [-0.05, 0) is 36.8 Å². The molecule has 4 aromatic rings. The number of rotatable bonds is 7. The second-order valence-electron chi connectivity index (χ2n) is 7.37. The van der Waals surface area contributed by atoms with E-state index < -0.39 is 10.0 Å². The standard InChI is InChI=1S/C22H25N5O3S/c1-5-30-20-8-6-16(7-9-20)10-18-11-17-12-19(13-24-22(17)26(18)3)27(4)31(28,29)21-14-23-15-25(21)2/h6-9,11-15H,5,10H2,1-4H3. The van der Waals surface area contributed by atoms with Crippen molar-refractivity contribution in [3.8, 4) is 5.75 Å². The molecule has 3 heterocycles. The summed E-state index contributed by atoms with van der Waals surface area (Å²) in [6, 6.07) is 11.9. The number of anilines is 1. The summed E-state index contributed by atoms with van der Waals surface area (Å²) >= 11 is 0. The first kappa shape index (κ1) is 20.9. The quantitative estimate of drug-likeness (QED) is 0.442. The second kappa shape index (κ2) is 8.07. The van der Waals surface area contributed by atoms with Crippen LogP contribution in [0.3, 0.4) is 0 Å². The second-order valence-corrected chi connectivity index (χ2v) is 9.29. The van der Waals surface area contributed by atoms with Gasteiger partial charge < -0.3 is 13.9 Å². The SMILES string of the molecule is CCOc1ccc(Cc2cc3cc(N(C)S(=O)(=O)c4cncn4C)cnc3n2C)cc1. The Hall–Kier alpha value is -3.33. The van der Waals surface area contributed by atoms with Gasteiger partial charge in [-0.25, -0.2) is 9.97 Å². The summed E-state index contributed by atoms with van der Waals surface area (Å²) in [4.78, 5) is 8.45. The molecule has 31 heavy (non-hydrogen) atoms. The maximum atomic E-state index is 13.0. The van der Waals surface area contributed by atoms with Crippen molar-refractivity contribution in [2.45, 2.75) is 18.4 Å². The third-order valence-corrected chi connectivity index (χ3v) is 7.19. The van der Waals surface area contributed by atoms with Crippen molar-refractivity contribution in [3.63, 3.8) is 0 Å². The summed E-state index contributed by atoms with van der Waals surface area (Å²) in [6.45, 7) is 2.60. The third-order valence-electron chi connectivity index (χ3n) is 5.33. The largest absolute Gasteiger partial charge is 0.494 e. The molecule has 0 aliphatic heterocycles. The normalized spacial score (nSPS) is 11.7. The lowest BCUT2D eigenvalue weighted by molar-refractivity contribution is 0.340. The van der Waals surface area contributed by atoms with Crippen LogP contribution in [0.4, 0.5) is 5.69 Å². The summed E-state index contributed by atoms with van der Waals surface area (Å²) in [5.41, 5.74) is 3.54. The Morgan fingerprint density at radius 3 is 2.48 bits per heavy atom. The lowest BCUT2D eigenvalue weighted by atomic mass is 10.1. The maximum absolute atomic E-state index is 13.0. The molecule has 3 aromatic heterocycles. The smallest absolute Gasteiger partial charge is 0.281 e.